The maximum atomic E-state index is 12.1. The summed E-state index contributed by atoms with van der Waals surface area (Å²) in [5.74, 6) is -0.245. The lowest BCUT2D eigenvalue weighted by Gasteiger charge is -2.11. The van der Waals surface area contributed by atoms with Crippen LogP contribution in [0.2, 0.25) is 0 Å². The first-order valence-electron chi connectivity index (χ1n) is 9.10. The van der Waals surface area contributed by atoms with Crippen molar-refractivity contribution in [3.63, 3.8) is 0 Å². The highest BCUT2D eigenvalue weighted by molar-refractivity contribution is 5.92. The Morgan fingerprint density at radius 1 is 0.769 bits per heavy atom. The van der Waals surface area contributed by atoms with Crippen molar-refractivity contribution in [3.05, 3.63) is 83.4 Å². The first-order chi connectivity index (χ1) is 12.6. The fourth-order valence-corrected chi connectivity index (χ4v) is 3.07. The lowest BCUT2D eigenvalue weighted by Crippen LogP contribution is -2.07. The molecule has 0 aliphatic rings. The molecule has 3 aromatic carbocycles. The molecule has 3 rings (SSSR count). The van der Waals surface area contributed by atoms with Crippen LogP contribution in [0.4, 0.5) is 0 Å². The first-order valence-corrected chi connectivity index (χ1v) is 9.10. The lowest BCUT2D eigenvalue weighted by molar-refractivity contribution is 0.0525. The van der Waals surface area contributed by atoms with Gasteiger partial charge < -0.3 is 4.74 Å². The van der Waals surface area contributed by atoms with Crippen molar-refractivity contribution in [1.82, 2.24) is 0 Å². The number of carbonyl (C=O) groups is 1. The summed E-state index contributed by atoms with van der Waals surface area (Å²) >= 11 is 0. The second-order valence-electron chi connectivity index (χ2n) is 6.39. The number of aryl methyl sites for hydroxylation is 2. The fraction of sp³-hybridized carbons (Fsp3) is 0.208. The third-order valence-electron chi connectivity index (χ3n) is 4.58. The van der Waals surface area contributed by atoms with Gasteiger partial charge in [0.05, 0.1) is 12.2 Å². The quantitative estimate of drug-likeness (QED) is 0.525. The van der Waals surface area contributed by atoms with E-state index in [0.717, 1.165) is 23.1 Å². The smallest absolute Gasteiger partial charge is 0.338 e. The molecule has 0 N–H and O–H groups in total. The highest BCUT2D eigenvalue weighted by Crippen LogP contribution is 2.27. The summed E-state index contributed by atoms with van der Waals surface area (Å²) in [4.78, 5) is 12.1. The molecule has 2 heteroatoms. The number of esters is 1. The van der Waals surface area contributed by atoms with Gasteiger partial charge in [-0.05, 0) is 54.2 Å². The molecule has 0 unspecified atom stereocenters. The average Bonchev–Trinajstić information content (AvgIpc) is 2.68. The number of rotatable bonds is 5. The van der Waals surface area contributed by atoms with Crippen molar-refractivity contribution in [1.29, 1.82) is 0 Å². The Kier molecular flexibility index (Phi) is 5.52. The maximum Gasteiger partial charge on any atom is 0.338 e. The number of hydrogen-bond donors (Lipinski definition) is 0. The van der Waals surface area contributed by atoms with Gasteiger partial charge in [0.25, 0.3) is 0 Å². The molecule has 0 aromatic heterocycles. The molecular formula is C24H24O2. The topological polar surface area (TPSA) is 26.3 Å². The molecule has 0 heterocycles. The minimum atomic E-state index is -0.245. The van der Waals surface area contributed by atoms with E-state index in [9.17, 15) is 4.79 Å². The van der Waals surface area contributed by atoms with Crippen molar-refractivity contribution >= 4 is 5.97 Å². The predicted octanol–water partition coefficient (Wildman–Crippen LogP) is 6.07. The van der Waals surface area contributed by atoms with E-state index in [-0.39, 0.29) is 5.97 Å². The van der Waals surface area contributed by atoms with Crippen LogP contribution in [0.5, 0.6) is 0 Å². The van der Waals surface area contributed by atoms with E-state index in [0.29, 0.717) is 12.2 Å². The molecule has 0 atom stereocenters. The van der Waals surface area contributed by atoms with E-state index in [4.69, 9.17) is 4.74 Å². The molecule has 2 nitrogen and oxygen atoms in total. The largest absolute Gasteiger partial charge is 0.462 e. The zero-order valence-corrected chi connectivity index (χ0v) is 15.6. The molecule has 0 fully saturated rings. The van der Waals surface area contributed by atoms with Crippen molar-refractivity contribution in [2.45, 2.75) is 27.2 Å². The Hall–Kier alpha value is -2.87. The van der Waals surface area contributed by atoms with Gasteiger partial charge in [-0.25, -0.2) is 4.79 Å². The second kappa shape index (κ2) is 8.01. The SMILES string of the molecule is CCOC(=O)c1ccc(-c2ccc(-c3ccc(C)cc3)cc2)cc1CC. The molecular weight excluding hydrogens is 320 g/mol. The van der Waals surface area contributed by atoms with E-state index >= 15 is 0 Å². The molecule has 3 aromatic rings. The van der Waals surface area contributed by atoms with Crippen LogP contribution in [0.15, 0.2) is 66.7 Å². The van der Waals surface area contributed by atoms with Crippen LogP contribution in [-0.2, 0) is 11.2 Å². The number of ether oxygens (including phenoxy) is 1. The fourth-order valence-electron chi connectivity index (χ4n) is 3.07. The van der Waals surface area contributed by atoms with Crippen LogP contribution in [0, 0.1) is 6.92 Å². The summed E-state index contributed by atoms with van der Waals surface area (Å²) in [6, 6.07) is 23.1. The lowest BCUT2D eigenvalue weighted by atomic mass is 9.96. The number of benzene rings is 3. The normalized spacial score (nSPS) is 10.6. The minimum absolute atomic E-state index is 0.245. The van der Waals surface area contributed by atoms with Crippen molar-refractivity contribution < 1.29 is 9.53 Å². The predicted molar refractivity (Wildman–Crippen MR) is 107 cm³/mol. The van der Waals surface area contributed by atoms with Crippen molar-refractivity contribution in [2.24, 2.45) is 0 Å². The van der Waals surface area contributed by atoms with Crippen LogP contribution >= 0.6 is 0 Å². The summed E-state index contributed by atoms with van der Waals surface area (Å²) in [5, 5.41) is 0. The van der Waals surface area contributed by atoms with Gasteiger partial charge in [0.1, 0.15) is 0 Å². The van der Waals surface area contributed by atoms with Gasteiger partial charge in [-0.3, -0.25) is 0 Å². The standard InChI is InChI=1S/C24H24O2/c1-4-18-16-22(14-15-23(18)24(25)26-5-2)21-12-10-20(11-13-21)19-8-6-17(3)7-9-19/h6-16H,4-5H2,1-3H3. The summed E-state index contributed by atoms with van der Waals surface area (Å²) in [7, 11) is 0. The highest BCUT2D eigenvalue weighted by atomic mass is 16.5. The zero-order valence-electron chi connectivity index (χ0n) is 15.6. The number of carbonyl (C=O) groups excluding carboxylic acids is 1. The molecule has 26 heavy (non-hydrogen) atoms. The van der Waals surface area contributed by atoms with Crippen molar-refractivity contribution in [2.75, 3.05) is 6.61 Å². The summed E-state index contributed by atoms with van der Waals surface area (Å²) in [6.07, 6.45) is 0.795. The Balaban J connectivity index is 1.89. The molecule has 0 saturated heterocycles. The van der Waals surface area contributed by atoms with Gasteiger partial charge >= 0.3 is 5.97 Å². The molecule has 0 spiro atoms. The Morgan fingerprint density at radius 2 is 1.27 bits per heavy atom. The Bertz CT molecular complexity index is 890. The molecule has 0 amide bonds. The van der Waals surface area contributed by atoms with Crippen molar-refractivity contribution in [3.8, 4) is 22.3 Å². The molecule has 0 radical (unpaired) electrons. The third kappa shape index (κ3) is 3.85. The van der Waals surface area contributed by atoms with Gasteiger partial charge in [0.15, 0.2) is 0 Å². The van der Waals surface area contributed by atoms with E-state index in [1.807, 2.05) is 19.1 Å². The summed E-state index contributed by atoms with van der Waals surface area (Å²) < 4.78 is 5.15. The van der Waals surface area contributed by atoms with Crippen LogP contribution in [-0.4, -0.2) is 12.6 Å². The van der Waals surface area contributed by atoms with Crippen LogP contribution in [0.25, 0.3) is 22.3 Å². The van der Waals surface area contributed by atoms with Gasteiger partial charge in [0.2, 0.25) is 0 Å². The summed E-state index contributed by atoms with van der Waals surface area (Å²) in [5.41, 5.74) is 7.62. The Labute approximate surface area is 155 Å². The van der Waals surface area contributed by atoms with Crippen LogP contribution in [0.3, 0.4) is 0 Å². The maximum absolute atomic E-state index is 12.1. The monoisotopic (exact) mass is 344 g/mol. The van der Waals surface area contributed by atoms with Gasteiger partial charge in [0, 0.05) is 0 Å². The zero-order chi connectivity index (χ0) is 18.5. The molecule has 0 aliphatic carbocycles. The number of hydrogen-bond acceptors (Lipinski definition) is 2. The molecule has 0 aliphatic heterocycles. The molecule has 0 bridgehead atoms. The highest BCUT2D eigenvalue weighted by Gasteiger charge is 2.12. The Morgan fingerprint density at radius 3 is 1.81 bits per heavy atom. The van der Waals surface area contributed by atoms with Gasteiger partial charge in [-0.2, -0.15) is 0 Å². The van der Waals surface area contributed by atoms with E-state index in [2.05, 4.69) is 68.4 Å². The summed E-state index contributed by atoms with van der Waals surface area (Å²) in [6.45, 7) is 6.37. The average molecular weight is 344 g/mol. The minimum Gasteiger partial charge on any atom is -0.462 e. The van der Waals surface area contributed by atoms with Gasteiger partial charge in [-0.15, -0.1) is 0 Å². The second-order valence-corrected chi connectivity index (χ2v) is 6.39. The molecule has 132 valence electrons. The first kappa shape index (κ1) is 17.9. The van der Waals surface area contributed by atoms with E-state index in [1.165, 1.54) is 16.7 Å². The van der Waals surface area contributed by atoms with Crippen LogP contribution in [0.1, 0.15) is 35.3 Å². The van der Waals surface area contributed by atoms with E-state index < -0.39 is 0 Å². The van der Waals surface area contributed by atoms with Gasteiger partial charge in [-0.1, -0.05) is 73.2 Å². The van der Waals surface area contributed by atoms with E-state index in [1.54, 1.807) is 0 Å². The third-order valence-corrected chi connectivity index (χ3v) is 4.58. The molecule has 0 saturated carbocycles. The van der Waals surface area contributed by atoms with Crippen LogP contribution < -0.4 is 0 Å².